The average Bonchev–Trinajstić information content (AvgIpc) is 2.95. The second-order valence-corrected chi connectivity index (χ2v) is 7.42. The van der Waals surface area contributed by atoms with Gasteiger partial charge in [-0.1, -0.05) is 0 Å². The molecule has 0 aliphatic carbocycles. The number of rotatable bonds is 2. The molecule has 0 saturated carbocycles. The molecule has 0 spiro atoms. The van der Waals surface area contributed by atoms with E-state index in [9.17, 15) is 4.79 Å². The normalized spacial score (nSPS) is 22.9. The molecule has 1 aromatic rings. The van der Waals surface area contributed by atoms with Gasteiger partial charge in [0.2, 0.25) is 0 Å². The number of aliphatic imine (C=N–C) groups is 1. The van der Waals surface area contributed by atoms with Crippen LogP contribution in [0.5, 0.6) is 5.75 Å². The zero-order valence-electron chi connectivity index (χ0n) is 14.5. The van der Waals surface area contributed by atoms with Crippen molar-refractivity contribution in [2.24, 2.45) is 4.99 Å². The number of fused-ring (bicyclic) bond motifs is 1. The predicted molar refractivity (Wildman–Crippen MR) is 93.5 cm³/mol. The summed E-state index contributed by atoms with van der Waals surface area (Å²) in [7, 11) is 0. The second kappa shape index (κ2) is 6.34. The average molecular weight is 331 g/mol. The molecule has 3 rings (SSSR count). The van der Waals surface area contributed by atoms with E-state index in [4.69, 9.17) is 15.2 Å². The van der Waals surface area contributed by atoms with Gasteiger partial charge in [-0.15, -0.1) is 0 Å². The Balaban J connectivity index is 1.62. The van der Waals surface area contributed by atoms with E-state index in [-0.39, 0.29) is 12.1 Å². The summed E-state index contributed by atoms with van der Waals surface area (Å²) in [5, 5.41) is 0. The van der Waals surface area contributed by atoms with Crippen LogP contribution >= 0.6 is 0 Å². The second-order valence-electron chi connectivity index (χ2n) is 7.42. The number of nitrogen functional groups attached to an aromatic ring is 1. The molecule has 6 heteroatoms. The molecule has 130 valence electrons. The van der Waals surface area contributed by atoms with Crippen molar-refractivity contribution in [3.8, 4) is 5.75 Å². The highest BCUT2D eigenvalue weighted by Gasteiger charge is 2.30. The molecule has 2 aliphatic heterocycles. The Morgan fingerprint density at radius 2 is 2.25 bits per heavy atom. The van der Waals surface area contributed by atoms with Crippen LogP contribution in [0.25, 0.3) is 0 Å². The van der Waals surface area contributed by atoms with E-state index in [1.54, 1.807) is 11.2 Å². The van der Waals surface area contributed by atoms with Crippen molar-refractivity contribution in [3.05, 3.63) is 23.8 Å². The first-order valence-corrected chi connectivity index (χ1v) is 8.37. The zero-order chi connectivity index (χ0) is 17.3. The molecule has 0 radical (unpaired) electrons. The van der Waals surface area contributed by atoms with Crippen LogP contribution in [0, 0.1) is 0 Å². The summed E-state index contributed by atoms with van der Waals surface area (Å²) in [6, 6.07) is 5.86. The third-order valence-corrected chi connectivity index (χ3v) is 4.21. The van der Waals surface area contributed by atoms with Crippen LogP contribution in [0.2, 0.25) is 0 Å². The highest BCUT2D eigenvalue weighted by Crippen LogP contribution is 2.38. The first-order valence-electron chi connectivity index (χ1n) is 8.37. The Hall–Kier alpha value is -2.24. The minimum Gasteiger partial charge on any atom is -0.493 e. The van der Waals surface area contributed by atoms with Gasteiger partial charge in [-0.3, -0.25) is 9.89 Å². The van der Waals surface area contributed by atoms with Crippen molar-refractivity contribution in [3.63, 3.8) is 0 Å². The molecule has 2 aliphatic rings. The molecule has 2 unspecified atom stereocenters. The lowest BCUT2D eigenvalue weighted by Gasteiger charge is -2.28. The molecule has 0 bridgehead atoms. The van der Waals surface area contributed by atoms with E-state index in [0.29, 0.717) is 19.1 Å². The van der Waals surface area contributed by atoms with Crippen LogP contribution in [0.15, 0.2) is 23.2 Å². The van der Waals surface area contributed by atoms with Gasteiger partial charge < -0.3 is 15.2 Å². The summed E-state index contributed by atoms with van der Waals surface area (Å²) in [5.41, 5.74) is 7.31. The molecule has 0 aromatic heterocycles. The lowest BCUT2D eigenvalue weighted by molar-refractivity contribution is 0.0381. The Kier molecular flexibility index (Phi) is 4.39. The number of carbonyl (C=O) groups excluding carboxylic acids is 1. The molecule has 6 nitrogen and oxygen atoms in total. The number of amides is 1. The quantitative estimate of drug-likeness (QED) is 0.844. The maximum Gasteiger partial charge on any atom is 0.415 e. The highest BCUT2D eigenvalue weighted by molar-refractivity contribution is 5.84. The lowest BCUT2D eigenvalue weighted by Crippen LogP contribution is -2.36. The van der Waals surface area contributed by atoms with Gasteiger partial charge in [-0.2, -0.15) is 0 Å². The largest absolute Gasteiger partial charge is 0.493 e. The molecular formula is C18H25N3O3. The van der Waals surface area contributed by atoms with Crippen LogP contribution in [-0.2, 0) is 4.74 Å². The molecule has 2 atom stereocenters. The third kappa shape index (κ3) is 3.80. The fourth-order valence-corrected chi connectivity index (χ4v) is 3.13. The van der Waals surface area contributed by atoms with Crippen molar-refractivity contribution in [2.45, 2.75) is 51.2 Å². The molecule has 24 heavy (non-hydrogen) atoms. The lowest BCUT2D eigenvalue weighted by atomic mass is 9.87. The van der Waals surface area contributed by atoms with Crippen molar-refractivity contribution in [2.75, 3.05) is 18.9 Å². The van der Waals surface area contributed by atoms with Gasteiger partial charge in [0.05, 0.1) is 25.5 Å². The third-order valence-electron chi connectivity index (χ3n) is 4.21. The molecule has 2 N–H and O–H groups in total. The summed E-state index contributed by atoms with van der Waals surface area (Å²) in [6.07, 6.45) is 3.06. The van der Waals surface area contributed by atoms with Crippen LogP contribution in [0.1, 0.15) is 45.1 Å². The first kappa shape index (κ1) is 16.6. The summed E-state index contributed by atoms with van der Waals surface area (Å²) >= 11 is 0. The van der Waals surface area contributed by atoms with Gasteiger partial charge in [0.25, 0.3) is 0 Å². The van der Waals surface area contributed by atoms with Gasteiger partial charge in [-0.25, -0.2) is 4.79 Å². The van der Waals surface area contributed by atoms with E-state index in [0.717, 1.165) is 29.8 Å². The summed E-state index contributed by atoms with van der Waals surface area (Å²) in [6.45, 7) is 6.84. The number of carbonyl (C=O) groups is 1. The number of ether oxygens (including phenoxy) is 2. The Bertz CT molecular complexity index is 651. The maximum absolute atomic E-state index is 12.1. The fourth-order valence-electron chi connectivity index (χ4n) is 3.13. The van der Waals surface area contributed by atoms with Crippen LogP contribution in [-0.4, -0.2) is 42.1 Å². The standard InChI is InChI=1S/C18H25N3O3/c1-18(2,3)24-17(22)21-10-14(20-11-21)8-12-6-7-23-16-5-4-13(19)9-15(12)16/h4-5,9,11-12,14H,6-8,10,19H2,1-3H3. The monoisotopic (exact) mass is 331 g/mol. The van der Waals surface area contributed by atoms with Crippen LogP contribution in [0.4, 0.5) is 10.5 Å². The maximum atomic E-state index is 12.1. The van der Waals surface area contributed by atoms with Gasteiger partial charge in [0, 0.05) is 5.69 Å². The Morgan fingerprint density at radius 3 is 3.00 bits per heavy atom. The molecule has 0 fully saturated rings. The van der Waals surface area contributed by atoms with Crippen LogP contribution < -0.4 is 10.5 Å². The Labute approximate surface area is 142 Å². The molecule has 2 heterocycles. The molecule has 1 aromatic carbocycles. The fraction of sp³-hybridized carbons (Fsp3) is 0.556. The number of nitrogens with two attached hydrogens (primary N) is 1. The summed E-state index contributed by atoms with van der Waals surface area (Å²) in [5.74, 6) is 1.25. The first-order chi connectivity index (χ1) is 11.3. The smallest absolute Gasteiger partial charge is 0.415 e. The van der Waals surface area contributed by atoms with Gasteiger partial charge in [-0.05, 0) is 63.3 Å². The molecular weight excluding hydrogens is 306 g/mol. The van der Waals surface area contributed by atoms with Gasteiger partial charge in [0.15, 0.2) is 0 Å². The predicted octanol–water partition coefficient (Wildman–Crippen LogP) is 3.17. The minimum absolute atomic E-state index is 0.0786. The van der Waals surface area contributed by atoms with Gasteiger partial charge >= 0.3 is 6.09 Å². The highest BCUT2D eigenvalue weighted by atomic mass is 16.6. The van der Waals surface area contributed by atoms with E-state index in [2.05, 4.69) is 4.99 Å². The number of hydrogen-bond acceptors (Lipinski definition) is 5. The van der Waals surface area contributed by atoms with E-state index < -0.39 is 5.60 Å². The number of anilines is 1. The molecule has 1 amide bonds. The van der Waals surface area contributed by atoms with E-state index in [1.807, 2.05) is 39.0 Å². The SMILES string of the molecule is CC(C)(C)OC(=O)N1C=NC(CC2CCOc3ccc(N)cc32)C1. The minimum atomic E-state index is -0.500. The topological polar surface area (TPSA) is 77.1 Å². The van der Waals surface area contributed by atoms with Gasteiger partial charge in [0.1, 0.15) is 11.4 Å². The van der Waals surface area contributed by atoms with Crippen molar-refractivity contribution in [1.82, 2.24) is 4.90 Å². The number of nitrogens with zero attached hydrogens (tertiary/aromatic N) is 2. The van der Waals surface area contributed by atoms with Crippen LogP contribution in [0.3, 0.4) is 0 Å². The zero-order valence-corrected chi connectivity index (χ0v) is 14.5. The van der Waals surface area contributed by atoms with Crippen molar-refractivity contribution in [1.29, 1.82) is 0 Å². The Morgan fingerprint density at radius 1 is 1.46 bits per heavy atom. The summed E-state index contributed by atoms with van der Waals surface area (Å²) in [4.78, 5) is 18.2. The summed E-state index contributed by atoms with van der Waals surface area (Å²) < 4.78 is 11.1. The van der Waals surface area contributed by atoms with E-state index in [1.165, 1.54) is 0 Å². The number of benzene rings is 1. The van der Waals surface area contributed by atoms with Crippen molar-refractivity contribution >= 4 is 18.1 Å². The van der Waals surface area contributed by atoms with E-state index >= 15 is 0 Å². The van der Waals surface area contributed by atoms with Crippen molar-refractivity contribution < 1.29 is 14.3 Å². The molecule has 0 saturated heterocycles. The number of hydrogen-bond donors (Lipinski definition) is 1.